The average molecular weight is 400 g/mol. The second-order valence-corrected chi connectivity index (χ2v) is 7.07. The van der Waals surface area contributed by atoms with Gasteiger partial charge >= 0.3 is 5.97 Å². The van der Waals surface area contributed by atoms with Crippen molar-refractivity contribution in [2.45, 2.75) is 19.0 Å². The quantitative estimate of drug-likeness (QED) is 0.668. The van der Waals surface area contributed by atoms with Crippen molar-refractivity contribution in [3.8, 4) is 5.75 Å². The van der Waals surface area contributed by atoms with Crippen LogP contribution in [0.5, 0.6) is 5.75 Å². The van der Waals surface area contributed by atoms with Crippen LogP contribution in [0.4, 0.5) is 4.39 Å². The minimum Gasteiger partial charge on any atom is -0.492 e. The van der Waals surface area contributed by atoms with E-state index in [4.69, 9.17) is 9.47 Å². The lowest BCUT2D eigenvalue weighted by atomic mass is 9.94. The number of benzene rings is 2. The molecule has 0 aromatic heterocycles. The number of hydrogen-bond acceptors (Lipinski definition) is 5. The van der Waals surface area contributed by atoms with Gasteiger partial charge in [-0.05, 0) is 42.4 Å². The van der Waals surface area contributed by atoms with Gasteiger partial charge in [-0.1, -0.05) is 24.3 Å². The Hall–Kier alpha value is -2.93. The van der Waals surface area contributed by atoms with Crippen LogP contribution in [0.25, 0.3) is 0 Å². The van der Waals surface area contributed by atoms with Gasteiger partial charge in [0.25, 0.3) is 0 Å². The zero-order valence-corrected chi connectivity index (χ0v) is 16.6. The summed E-state index contributed by atoms with van der Waals surface area (Å²) in [5.41, 5.74) is 2.11. The standard InChI is InChI=1S/C22H25FN2O4/c1-24(11-12-29-19-9-7-18(23)8-10-19)15-21(26)25-14-17-6-4-3-5-16(17)13-20(25)22(27)28-2/h3-10,20H,11-15H2,1-2H3. The van der Waals surface area contributed by atoms with Crippen molar-refractivity contribution in [2.75, 3.05) is 33.9 Å². The van der Waals surface area contributed by atoms with Gasteiger partial charge in [-0.25, -0.2) is 9.18 Å². The van der Waals surface area contributed by atoms with Gasteiger partial charge in [-0.15, -0.1) is 0 Å². The number of carbonyl (C=O) groups excluding carboxylic acids is 2. The topological polar surface area (TPSA) is 59.1 Å². The van der Waals surface area contributed by atoms with E-state index in [1.165, 1.54) is 19.2 Å². The fraction of sp³-hybridized carbons (Fsp3) is 0.364. The van der Waals surface area contributed by atoms with Crippen molar-refractivity contribution in [3.05, 3.63) is 65.5 Å². The first-order valence-corrected chi connectivity index (χ1v) is 9.49. The number of amides is 1. The molecule has 0 saturated heterocycles. The van der Waals surface area contributed by atoms with E-state index in [1.807, 2.05) is 36.2 Å². The third-order valence-corrected chi connectivity index (χ3v) is 5.00. The SMILES string of the molecule is COC(=O)C1Cc2ccccc2CN1C(=O)CN(C)CCOc1ccc(F)cc1. The zero-order valence-electron chi connectivity index (χ0n) is 16.6. The van der Waals surface area contributed by atoms with Crippen LogP contribution >= 0.6 is 0 Å². The maximum absolute atomic E-state index is 12.9. The molecule has 154 valence electrons. The molecule has 29 heavy (non-hydrogen) atoms. The molecule has 6 nitrogen and oxygen atoms in total. The van der Waals surface area contributed by atoms with Gasteiger partial charge in [-0.3, -0.25) is 9.69 Å². The number of esters is 1. The Bertz CT molecular complexity index is 856. The van der Waals surface area contributed by atoms with Crippen molar-refractivity contribution in [1.29, 1.82) is 0 Å². The molecular formula is C22H25FN2O4. The highest BCUT2D eigenvalue weighted by atomic mass is 19.1. The van der Waals surface area contributed by atoms with Crippen LogP contribution in [0.1, 0.15) is 11.1 Å². The molecule has 1 amide bonds. The monoisotopic (exact) mass is 400 g/mol. The summed E-state index contributed by atoms with van der Waals surface area (Å²) >= 11 is 0. The molecule has 1 unspecified atom stereocenters. The highest BCUT2D eigenvalue weighted by Gasteiger charge is 2.35. The number of likely N-dealkylation sites (N-methyl/N-ethyl adjacent to an activating group) is 1. The normalized spacial score (nSPS) is 15.7. The molecule has 0 bridgehead atoms. The van der Waals surface area contributed by atoms with Crippen LogP contribution in [0, 0.1) is 5.82 Å². The number of halogens is 1. The Kier molecular flexibility index (Phi) is 6.82. The Labute approximate surface area is 169 Å². The average Bonchev–Trinajstić information content (AvgIpc) is 2.73. The third kappa shape index (κ3) is 5.32. The first-order valence-electron chi connectivity index (χ1n) is 9.49. The molecule has 0 fully saturated rings. The van der Waals surface area contributed by atoms with E-state index in [9.17, 15) is 14.0 Å². The molecule has 1 aliphatic rings. The van der Waals surface area contributed by atoms with Crippen LogP contribution in [0.2, 0.25) is 0 Å². The smallest absolute Gasteiger partial charge is 0.328 e. The van der Waals surface area contributed by atoms with E-state index in [2.05, 4.69) is 0 Å². The molecule has 2 aromatic carbocycles. The summed E-state index contributed by atoms with van der Waals surface area (Å²) in [6, 6.07) is 13.0. The Morgan fingerprint density at radius 1 is 1.14 bits per heavy atom. The molecule has 0 spiro atoms. The second kappa shape index (κ2) is 9.52. The van der Waals surface area contributed by atoms with Crippen LogP contribution in [-0.4, -0.2) is 61.6 Å². The van der Waals surface area contributed by atoms with Gasteiger partial charge in [0.1, 0.15) is 24.2 Å². The van der Waals surface area contributed by atoms with Crippen molar-refractivity contribution in [3.63, 3.8) is 0 Å². The summed E-state index contributed by atoms with van der Waals surface area (Å²) in [7, 11) is 3.15. The number of methoxy groups -OCH3 is 1. The molecule has 7 heteroatoms. The van der Waals surface area contributed by atoms with Crippen molar-refractivity contribution >= 4 is 11.9 Å². The van der Waals surface area contributed by atoms with Crippen molar-refractivity contribution < 1.29 is 23.5 Å². The third-order valence-electron chi connectivity index (χ3n) is 5.00. The fourth-order valence-corrected chi connectivity index (χ4v) is 3.38. The predicted molar refractivity (Wildman–Crippen MR) is 106 cm³/mol. The Morgan fingerprint density at radius 3 is 2.52 bits per heavy atom. The van der Waals surface area contributed by atoms with Crippen LogP contribution in [0.3, 0.4) is 0 Å². The number of fused-ring (bicyclic) bond motifs is 1. The Morgan fingerprint density at radius 2 is 1.83 bits per heavy atom. The van der Waals surface area contributed by atoms with E-state index < -0.39 is 12.0 Å². The Balaban J connectivity index is 1.57. The molecule has 2 aromatic rings. The molecule has 1 heterocycles. The highest BCUT2D eigenvalue weighted by molar-refractivity contribution is 5.86. The molecule has 0 N–H and O–H groups in total. The minimum atomic E-state index is -0.619. The number of ether oxygens (including phenoxy) is 2. The molecule has 0 radical (unpaired) electrons. The molecular weight excluding hydrogens is 375 g/mol. The number of hydrogen-bond donors (Lipinski definition) is 0. The number of nitrogens with zero attached hydrogens (tertiary/aromatic N) is 2. The largest absolute Gasteiger partial charge is 0.492 e. The lowest BCUT2D eigenvalue weighted by molar-refractivity contribution is -0.154. The van der Waals surface area contributed by atoms with E-state index in [0.717, 1.165) is 11.1 Å². The summed E-state index contributed by atoms with van der Waals surface area (Å²) in [4.78, 5) is 28.6. The molecule has 0 saturated carbocycles. The predicted octanol–water partition coefficient (Wildman–Crippen LogP) is 2.26. The first kappa shape index (κ1) is 20.8. The van der Waals surface area contributed by atoms with Gasteiger partial charge in [0.2, 0.25) is 5.91 Å². The molecule has 3 rings (SSSR count). The maximum atomic E-state index is 12.9. The van der Waals surface area contributed by atoms with Gasteiger partial charge in [0.15, 0.2) is 0 Å². The van der Waals surface area contributed by atoms with Crippen molar-refractivity contribution in [1.82, 2.24) is 9.80 Å². The van der Waals surface area contributed by atoms with Gasteiger partial charge < -0.3 is 14.4 Å². The molecule has 1 atom stereocenters. The lowest BCUT2D eigenvalue weighted by Gasteiger charge is -2.36. The second-order valence-electron chi connectivity index (χ2n) is 7.07. The van der Waals surface area contributed by atoms with Gasteiger partial charge in [-0.2, -0.15) is 0 Å². The summed E-state index contributed by atoms with van der Waals surface area (Å²) in [5, 5.41) is 0. The summed E-state index contributed by atoms with van der Waals surface area (Å²) in [5.74, 6) is -0.290. The minimum absolute atomic E-state index is 0.140. The van der Waals surface area contributed by atoms with Crippen LogP contribution in [0.15, 0.2) is 48.5 Å². The van der Waals surface area contributed by atoms with E-state index in [0.29, 0.717) is 31.9 Å². The van der Waals surface area contributed by atoms with Gasteiger partial charge in [0.05, 0.1) is 13.7 Å². The van der Waals surface area contributed by atoms with Gasteiger partial charge in [0, 0.05) is 19.5 Å². The van der Waals surface area contributed by atoms with Crippen molar-refractivity contribution in [2.24, 2.45) is 0 Å². The first-order chi connectivity index (χ1) is 14.0. The maximum Gasteiger partial charge on any atom is 0.328 e. The van der Waals surface area contributed by atoms with Crippen LogP contribution < -0.4 is 4.74 Å². The van der Waals surface area contributed by atoms with Crippen LogP contribution in [-0.2, 0) is 27.3 Å². The number of carbonyl (C=O) groups is 2. The lowest BCUT2D eigenvalue weighted by Crippen LogP contribution is -2.51. The summed E-state index contributed by atoms with van der Waals surface area (Å²) in [6.45, 7) is 1.41. The number of rotatable bonds is 7. The van der Waals surface area contributed by atoms with E-state index in [1.54, 1.807) is 17.0 Å². The summed E-state index contributed by atoms with van der Waals surface area (Å²) in [6.07, 6.45) is 0.450. The zero-order chi connectivity index (χ0) is 20.8. The summed E-state index contributed by atoms with van der Waals surface area (Å²) < 4.78 is 23.4. The van der Waals surface area contributed by atoms with E-state index in [-0.39, 0.29) is 18.3 Å². The molecule has 1 aliphatic heterocycles. The highest BCUT2D eigenvalue weighted by Crippen LogP contribution is 2.24. The molecule has 0 aliphatic carbocycles. The fourth-order valence-electron chi connectivity index (χ4n) is 3.38. The van der Waals surface area contributed by atoms with E-state index >= 15 is 0 Å².